The van der Waals surface area contributed by atoms with Crippen LogP contribution in [0.15, 0.2) is 29.1 Å². The lowest BCUT2D eigenvalue weighted by atomic mass is 10.2. The van der Waals surface area contributed by atoms with E-state index in [1.807, 2.05) is 25.2 Å². The van der Waals surface area contributed by atoms with Crippen molar-refractivity contribution in [3.05, 3.63) is 40.4 Å². The zero-order valence-electron chi connectivity index (χ0n) is 12.4. The molecule has 1 aromatic heterocycles. The van der Waals surface area contributed by atoms with Gasteiger partial charge in [0.2, 0.25) is 0 Å². The Balaban J connectivity index is 2.26. The van der Waals surface area contributed by atoms with Crippen molar-refractivity contribution in [3.63, 3.8) is 0 Å². The highest BCUT2D eigenvalue weighted by Crippen LogP contribution is 2.09. The number of fused-ring (bicyclic) bond motifs is 1. The Hall–Kier alpha value is -1.43. The van der Waals surface area contributed by atoms with Crippen molar-refractivity contribution < 1.29 is 4.74 Å². The van der Waals surface area contributed by atoms with Crippen LogP contribution in [-0.2, 0) is 17.2 Å². The molecule has 0 saturated heterocycles. The molecular weight excluding hydrogens is 290 g/mol. The third-order valence-corrected chi connectivity index (χ3v) is 3.68. The highest BCUT2D eigenvalue weighted by Gasteiger charge is 2.10. The van der Waals surface area contributed by atoms with E-state index in [4.69, 9.17) is 16.3 Å². The van der Waals surface area contributed by atoms with E-state index in [-0.39, 0.29) is 11.4 Å². The summed E-state index contributed by atoms with van der Waals surface area (Å²) in [5.74, 6) is 0.836. The molecule has 21 heavy (non-hydrogen) atoms. The van der Waals surface area contributed by atoms with Crippen LogP contribution in [0.5, 0.6) is 0 Å². The average molecular weight is 310 g/mol. The molecule has 0 aliphatic rings. The predicted molar refractivity (Wildman–Crippen MR) is 84.9 cm³/mol. The number of para-hydroxylation sites is 1. The number of methoxy groups -OCH3 is 1. The lowest BCUT2D eigenvalue weighted by Crippen LogP contribution is -2.32. The fraction of sp³-hybridized carbons (Fsp3) is 0.467. The number of ether oxygens (including phenoxy) is 1. The van der Waals surface area contributed by atoms with Crippen molar-refractivity contribution in [2.75, 3.05) is 33.9 Å². The number of nitrogens with zero attached hydrogens (tertiary/aromatic N) is 3. The van der Waals surface area contributed by atoms with Gasteiger partial charge in [-0.25, -0.2) is 4.98 Å². The van der Waals surface area contributed by atoms with E-state index in [0.717, 1.165) is 13.1 Å². The number of alkyl halides is 1. The topological polar surface area (TPSA) is 47.4 Å². The zero-order valence-corrected chi connectivity index (χ0v) is 13.1. The summed E-state index contributed by atoms with van der Waals surface area (Å²) in [7, 11) is 3.68. The Morgan fingerprint density at radius 3 is 2.81 bits per heavy atom. The van der Waals surface area contributed by atoms with Crippen LogP contribution in [0.25, 0.3) is 10.9 Å². The molecule has 1 aromatic carbocycles. The van der Waals surface area contributed by atoms with E-state index >= 15 is 0 Å². The smallest absolute Gasteiger partial charge is 0.261 e. The van der Waals surface area contributed by atoms with Crippen molar-refractivity contribution in [1.29, 1.82) is 0 Å². The summed E-state index contributed by atoms with van der Waals surface area (Å²) in [6.07, 6.45) is 0. The molecule has 0 bridgehead atoms. The molecule has 0 unspecified atom stereocenters. The van der Waals surface area contributed by atoms with E-state index in [1.54, 1.807) is 17.7 Å². The summed E-state index contributed by atoms with van der Waals surface area (Å²) >= 11 is 5.95. The third-order valence-electron chi connectivity index (χ3n) is 3.44. The summed E-state index contributed by atoms with van der Waals surface area (Å²) in [5.41, 5.74) is 0.665. The van der Waals surface area contributed by atoms with E-state index in [1.165, 1.54) is 0 Å². The Labute approximate surface area is 129 Å². The molecule has 2 aromatic rings. The number of halogens is 1. The highest BCUT2D eigenvalue weighted by molar-refractivity contribution is 6.16. The number of benzene rings is 1. The maximum Gasteiger partial charge on any atom is 0.261 e. The minimum absolute atomic E-state index is 0.0311. The fourth-order valence-electron chi connectivity index (χ4n) is 2.18. The molecule has 0 saturated carbocycles. The second-order valence-corrected chi connectivity index (χ2v) is 5.20. The summed E-state index contributed by atoms with van der Waals surface area (Å²) in [6.45, 7) is 2.80. The van der Waals surface area contributed by atoms with E-state index < -0.39 is 0 Å². The molecule has 6 heteroatoms. The maximum atomic E-state index is 12.6. The molecule has 0 N–H and O–H groups in total. The average Bonchev–Trinajstić information content (AvgIpc) is 2.51. The van der Waals surface area contributed by atoms with Crippen LogP contribution < -0.4 is 5.56 Å². The van der Waals surface area contributed by atoms with Crippen LogP contribution >= 0.6 is 11.6 Å². The minimum atomic E-state index is -0.0311. The number of hydrogen-bond acceptors (Lipinski definition) is 4. The first kappa shape index (κ1) is 15.9. The van der Waals surface area contributed by atoms with Gasteiger partial charge in [-0.1, -0.05) is 12.1 Å². The zero-order chi connectivity index (χ0) is 15.2. The van der Waals surface area contributed by atoms with Gasteiger partial charge in [0.05, 0.1) is 23.4 Å². The van der Waals surface area contributed by atoms with E-state index in [0.29, 0.717) is 29.9 Å². The molecule has 114 valence electrons. The second kappa shape index (κ2) is 7.54. The molecular formula is C15H20ClN3O2. The van der Waals surface area contributed by atoms with Gasteiger partial charge in [0.25, 0.3) is 5.56 Å². The van der Waals surface area contributed by atoms with Crippen LogP contribution in [-0.4, -0.2) is 48.3 Å². The molecule has 0 aliphatic carbocycles. The summed E-state index contributed by atoms with van der Waals surface area (Å²) in [6, 6.07) is 7.35. The highest BCUT2D eigenvalue weighted by atomic mass is 35.5. The summed E-state index contributed by atoms with van der Waals surface area (Å²) in [4.78, 5) is 19.2. The molecule has 0 spiro atoms. The van der Waals surface area contributed by atoms with E-state index in [2.05, 4.69) is 9.88 Å². The van der Waals surface area contributed by atoms with Gasteiger partial charge >= 0.3 is 0 Å². The Bertz CT molecular complexity index is 657. The minimum Gasteiger partial charge on any atom is -0.383 e. The van der Waals surface area contributed by atoms with Crippen LogP contribution in [0.4, 0.5) is 0 Å². The van der Waals surface area contributed by atoms with Gasteiger partial charge in [-0.3, -0.25) is 9.36 Å². The van der Waals surface area contributed by atoms with E-state index in [9.17, 15) is 4.79 Å². The normalized spacial score (nSPS) is 11.4. The monoisotopic (exact) mass is 309 g/mol. The molecule has 0 aliphatic heterocycles. The first-order valence-electron chi connectivity index (χ1n) is 6.89. The first-order chi connectivity index (χ1) is 10.2. The van der Waals surface area contributed by atoms with Gasteiger partial charge in [-0.15, -0.1) is 11.6 Å². The molecule has 2 rings (SSSR count). The van der Waals surface area contributed by atoms with Gasteiger partial charge in [0, 0.05) is 26.7 Å². The van der Waals surface area contributed by atoms with Gasteiger partial charge in [0.1, 0.15) is 5.82 Å². The van der Waals surface area contributed by atoms with Crippen molar-refractivity contribution >= 4 is 22.5 Å². The summed E-state index contributed by atoms with van der Waals surface area (Å²) in [5, 5.41) is 0.630. The standard InChI is InChI=1S/C15H20ClN3O2/c1-18(9-10-21-2)7-8-19-14(11-16)17-13-6-4-3-5-12(13)15(19)20/h3-6H,7-11H2,1-2H3. The number of hydrogen-bond donors (Lipinski definition) is 0. The lowest BCUT2D eigenvalue weighted by Gasteiger charge is -2.18. The van der Waals surface area contributed by atoms with Crippen LogP contribution in [0.3, 0.4) is 0 Å². The number of likely N-dealkylation sites (N-methyl/N-ethyl adjacent to an activating group) is 1. The van der Waals surface area contributed by atoms with Crippen molar-refractivity contribution in [1.82, 2.24) is 14.5 Å². The molecule has 0 atom stereocenters. The Kier molecular flexibility index (Phi) is 5.73. The molecule has 5 nitrogen and oxygen atoms in total. The second-order valence-electron chi connectivity index (χ2n) is 4.93. The predicted octanol–water partition coefficient (Wildman–Crippen LogP) is 1.71. The van der Waals surface area contributed by atoms with Crippen molar-refractivity contribution in [3.8, 4) is 0 Å². The van der Waals surface area contributed by atoms with Gasteiger partial charge in [0.15, 0.2) is 0 Å². The Morgan fingerprint density at radius 1 is 1.33 bits per heavy atom. The summed E-state index contributed by atoms with van der Waals surface area (Å²) < 4.78 is 6.71. The van der Waals surface area contributed by atoms with Gasteiger partial charge in [-0.05, 0) is 19.2 Å². The first-order valence-corrected chi connectivity index (χ1v) is 7.42. The largest absolute Gasteiger partial charge is 0.383 e. The third kappa shape index (κ3) is 3.81. The fourth-order valence-corrected chi connectivity index (χ4v) is 2.38. The quantitative estimate of drug-likeness (QED) is 0.731. The molecule has 1 heterocycles. The van der Waals surface area contributed by atoms with Crippen LogP contribution in [0.2, 0.25) is 0 Å². The lowest BCUT2D eigenvalue weighted by molar-refractivity contribution is 0.159. The van der Waals surface area contributed by atoms with Crippen LogP contribution in [0.1, 0.15) is 5.82 Å². The van der Waals surface area contributed by atoms with Crippen molar-refractivity contribution in [2.45, 2.75) is 12.4 Å². The molecule has 0 amide bonds. The van der Waals surface area contributed by atoms with Gasteiger partial charge < -0.3 is 9.64 Å². The molecule has 0 fully saturated rings. The van der Waals surface area contributed by atoms with Crippen LogP contribution in [0, 0.1) is 0 Å². The molecule has 0 radical (unpaired) electrons. The van der Waals surface area contributed by atoms with Gasteiger partial charge in [-0.2, -0.15) is 0 Å². The number of aromatic nitrogens is 2. The number of rotatable bonds is 7. The Morgan fingerprint density at radius 2 is 2.10 bits per heavy atom. The maximum absolute atomic E-state index is 12.6. The van der Waals surface area contributed by atoms with Crippen molar-refractivity contribution in [2.24, 2.45) is 0 Å². The SMILES string of the molecule is COCCN(C)CCn1c(CCl)nc2ccccc2c1=O.